The fraction of sp³-hybridized carbons (Fsp3) is 0.421. The van der Waals surface area contributed by atoms with Gasteiger partial charge in [0.1, 0.15) is 5.69 Å². The molecular formula is C19H23N5O4S. The number of aromatic nitrogens is 1. The summed E-state index contributed by atoms with van der Waals surface area (Å²) in [7, 11) is 0. The van der Waals surface area contributed by atoms with Gasteiger partial charge in [-0.05, 0) is 32.3 Å². The number of nitro benzene ring substituents is 1. The smallest absolute Gasteiger partial charge is 0.311 e. The lowest BCUT2D eigenvalue weighted by Gasteiger charge is -2.28. The SMILES string of the molecule is CCOC(=O)Cc1csc(NN=Cc2ccc(N3CCCCC3)c([N+](=O)[O-])c2)n1. The van der Waals surface area contributed by atoms with Gasteiger partial charge in [-0.15, -0.1) is 11.3 Å². The predicted octanol–water partition coefficient (Wildman–Crippen LogP) is 3.59. The third-order valence-corrected chi connectivity index (χ3v) is 5.25. The number of hydrazone groups is 1. The van der Waals surface area contributed by atoms with Gasteiger partial charge >= 0.3 is 5.97 Å². The lowest BCUT2D eigenvalue weighted by molar-refractivity contribution is -0.384. The summed E-state index contributed by atoms with van der Waals surface area (Å²) >= 11 is 1.32. The molecule has 154 valence electrons. The van der Waals surface area contributed by atoms with Gasteiger partial charge < -0.3 is 9.64 Å². The van der Waals surface area contributed by atoms with Crippen molar-refractivity contribution >= 4 is 40.0 Å². The highest BCUT2D eigenvalue weighted by Crippen LogP contribution is 2.31. The summed E-state index contributed by atoms with van der Waals surface area (Å²) in [5, 5.41) is 17.9. The van der Waals surface area contributed by atoms with Crippen LogP contribution in [0.1, 0.15) is 37.4 Å². The van der Waals surface area contributed by atoms with Crippen LogP contribution in [-0.2, 0) is 16.0 Å². The number of piperidine rings is 1. The minimum atomic E-state index is -0.350. The summed E-state index contributed by atoms with van der Waals surface area (Å²) in [4.78, 5) is 29.0. The average Bonchev–Trinajstić information content (AvgIpc) is 3.15. The molecule has 1 aromatic heterocycles. The second-order valence-corrected chi connectivity index (χ2v) is 7.41. The number of anilines is 2. The summed E-state index contributed by atoms with van der Waals surface area (Å²) in [5.41, 5.74) is 4.75. The van der Waals surface area contributed by atoms with Gasteiger partial charge in [0.05, 0.1) is 29.9 Å². The molecule has 1 saturated heterocycles. The van der Waals surface area contributed by atoms with Crippen LogP contribution >= 0.6 is 11.3 Å². The molecule has 1 aliphatic heterocycles. The molecule has 2 heterocycles. The maximum Gasteiger partial charge on any atom is 0.311 e. The van der Waals surface area contributed by atoms with Crippen LogP contribution in [0.15, 0.2) is 28.7 Å². The van der Waals surface area contributed by atoms with Gasteiger partial charge in [-0.25, -0.2) is 4.98 Å². The Morgan fingerprint density at radius 3 is 2.93 bits per heavy atom. The molecule has 1 N–H and O–H groups in total. The summed E-state index contributed by atoms with van der Waals surface area (Å²) < 4.78 is 4.90. The number of benzene rings is 1. The zero-order chi connectivity index (χ0) is 20.6. The van der Waals surface area contributed by atoms with Crippen molar-refractivity contribution in [1.29, 1.82) is 0 Å². The Bertz CT molecular complexity index is 892. The molecule has 1 fully saturated rings. The van der Waals surface area contributed by atoms with E-state index >= 15 is 0 Å². The number of rotatable bonds is 8. The molecule has 0 radical (unpaired) electrons. The quantitative estimate of drug-likeness (QED) is 0.302. The van der Waals surface area contributed by atoms with E-state index in [0.29, 0.717) is 28.7 Å². The highest BCUT2D eigenvalue weighted by atomic mass is 32.1. The number of carbonyl (C=O) groups excluding carboxylic acids is 1. The highest BCUT2D eigenvalue weighted by Gasteiger charge is 2.21. The second-order valence-electron chi connectivity index (χ2n) is 6.55. The number of nitrogens with zero attached hydrogens (tertiary/aromatic N) is 4. The van der Waals surface area contributed by atoms with Gasteiger partial charge in [0.25, 0.3) is 5.69 Å². The lowest BCUT2D eigenvalue weighted by atomic mass is 10.1. The van der Waals surface area contributed by atoms with Crippen LogP contribution in [-0.4, -0.2) is 41.8 Å². The first-order valence-electron chi connectivity index (χ1n) is 9.49. The van der Waals surface area contributed by atoms with Crippen LogP contribution in [0.5, 0.6) is 0 Å². The van der Waals surface area contributed by atoms with Gasteiger partial charge in [-0.1, -0.05) is 6.07 Å². The van der Waals surface area contributed by atoms with Crippen molar-refractivity contribution in [2.45, 2.75) is 32.6 Å². The molecule has 29 heavy (non-hydrogen) atoms. The van der Waals surface area contributed by atoms with E-state index in [1.165, 1.54) is 30.0 Å². The van der Waals surface area contributed by atoms with Crippen molar-refractivity contribution in [1.82, 2.24) is 4.98 Å². The van der Waals surface area contributed by atoms with E-state index in [4.69, 9.17) is 4.74 Å². The van der Waals surface area contributed by atoms with E-state index in [1.54, 1.807) is 18.4 Å². The monoisotopic (exact) mass is 417 g/mol. The third kappa shape index (κ3) is 5.74. The van der Waals surface area contributed by atoms with Crippen LogP contribution in [0.25, 0.3) is 0 Å². The van der Waals surface area contributed by atoms with E-state index in [2.05, 4.69) is 20.4 Å². The largest absolute Gasteiger partial charge is 0.466 e. The molecule has 0 bridgehead atoms. The molecule has 0 amide bonds. The first kappa shape index (κ1) is 20.7. The molecule has 3 rings (SSSR count). The van der Waals surface area contributed by atoms with Crippen LogP contribution in [0.2, 0.25) is 0 Å². The van der Waals surface area contributed by atoms with E-state index in [0.717, 1.165) is 25.9 Å². The molecule has 0 atom stereocenters. The molecule has 9 nitrogen and oxygen atoms in total. The number of nitro groups is 1. The number of esters is 1. The van der Waals surface area contributed by atoms with Crippen LogP contribution in [0.4, 0.5) is 16.5 Å². The Morgan fingerprint density at radius 1 is 1.41 bits per heavy atom. The summed E-state index contributed by atoms with van der Waals surface area (Å²) in [6, 6.07) is 5.13. The van der Waals surface area contributed by atoms with Crippen molar-refractivity contribution in [3.8, 4) is 0 Å². The lowest BCUT2D eigenvalue weighted by Crippen LogP contribution is -2.29. The Kier molecular flexibility index (Phi) is 7.12. The number of carbonyl (C=O) groups is 1. The summed E-state index contributed by atoms with van der Waals surface area (Å²) in [6.45, 7) is 3.77. The van der Waals surface area contributed by atoms with Crippen molar-refractivity contribution in [3.05, 3.63) is 45.0 Å². The van der Waals surface area contributed by atoms with Gasteiger partial charge in [-0.2, -0.15) is 5.10 Å². The standard InChI is InChI=1S/C19H23N5O4S/c1-2-28-18(25)11-15-13-29-19(21-15)22-20-12-14-6-7-16(17(10-14)24(26)27)23-8-4-3-5-9-23/h6-7,10,12-13H,2-5,8-9,11H2,1H3,(H,21,22). The highest BCUT2D eigenvalue weighted by molar-refractivity contribution is 7.13. The zero-order valence-corrected chi connectivity index (χ0v) is 17.0. The molecular weight excluding hydrogens is 394 g/mol. The second kappa shape index (κ2) is 9.97. The first-order valence-corrected chi connectivity index (χ1v) is 10.4. The summed E-state index contributed by atoms with van der Waals surface area (Å²) in [5.74, 6) is -0.325. The van der Waals surface area contributed by atoms with Crippen LogP contribution in [0.3, 0.4) is 0 Å². The number of nitrogens with one attached hydrogen (secondary N) is 1. The molecule has 0 aliphatic carbocycles. The maximum atomic E-state index is 11.5. The van der Waals surface area contributed by atoms with Gasteiger partial charge in [0.2, 0.25) is 5.13 Å². The van der Waals surface area contributed by atoms with Crippen molar-refractivity contribution in [3.63, 3.8) is 0 Å². The number of thiazole rings is 1. The van der Waals surface area contributed by atoms with E-state index in [1.807, 2.05) is 6.07 Å². The van der Waals surface area contributed by atoms with Gasteiger partial charge in [-0.3, -0.25) is 20.3 Å². The third-order valence-electron chi connectivity index (χ3n) is 4.45. The van der Waals surface area contributed by atoms with E-state index < -0.39 is 0 Å². The number of ether oxygens (including phenoxy) is 1. The fourth-order valence-corrected chi connectivity index (χ4v) is 3.79. The molecule has 0 saturated carbocycles. The zero-order valence-electron chi connectivity index (χ0n) is 16.2. The average molecular weight is 417 g/mol. The Hall–Kier alpha value is -3.01. The Morgan fingerprint density at radius 2 is 2.21 bits per heavy atom. The molecule has 1 aliphatic rings. The van der Waals surface area contributed by atoms with Crippen molar-refractivity contribution in [2.75, 3.05) is 30.0 Å². The fourth-order valence-electron chi connectivity index (χ4n) is 3.13. The first-order chi connectivity index (χ1) is 14.1. The number of hydrogen-bond donors (Lipinski definition) is 1. The van der Waals surface area contributed by atoms with Gasteiger partial charge in [0.15, 0.2) is 0 Å². The molecule has 1 aromatic carbocycles. The predicted molar refractivity (Wildman–Crippen MR) is 113 cm³/mol. The van der Waals surface area contributed by atoms with Crippen molar-refractivity contribution in [2.24, 2.45) is 5.10 Å². The maximum absolute atomic E-state index is 11.5. The normalized spacial score (nSPS) is 14.2. The minimum absolute atomic E-state index is 0.0850. The van der Waals surface area contributed by atoms with Crippen LogP contribution in [0, 0.1) is 10.1 Å². The van der Waals surface area contributed by atoms with Crippen molar-refractivity contribution < 1.29 is 14.5 Å². The van der Waals surface area contributed by atoms with E-state index in [9.17, 15) is 14.9 Å². The van der Waals surface area contributed by atoms with Crippen LogP contribution < -0.4 is 10.3 Å². The van der Waals surface area contributed by atoms with E-state index in [-0.39, 0.29) is 23.0 Å². The topological polar surface area (TPSA) is 110 Å². The molecule has 10 heteroatoms. The molecule has 0 unspecified atom stereocenters. The van der Waals surface area contributed by atoms with Gasteiger partial charge in [0, 0.05) is 30.1 Å². The minimum Gasteiger partial charge on any atom is -0.466 e. The summed E-state index contributed by atoms with van der Waals surface area (Å²) in [6.07, 6.45) is 4.89. The number of hydrogen-bond acceptors (Lipinski definition) is 9. The Balaban J connectivity index is 1.64. The molecule has 0 spiro atoms. The molecule has 2 aromatic rings. The Labute approximate surface area is 172 Å².